The first-order valence-corrected chi connectivity index (χ1v) is 9.16. The molecule has 2 aromatic carbocycles. The number of esters is 1. The maximum atomic E-state index is 13.1. The molecule has 0 spiro atoms. The van der Waals surface area contributed by atoms with Crippen LogP contribution >= 0.6 is 0 Å². The van der Waals surface area contributed by atoms with Crippen LogP contribution < -0.4 is 4.74 Å². The number of nitrogens with zero attached hydrogens (tertiary/aromatic N) is 3. The number of aromatic nitrogens is 2. The van der Waals surface area contributed by atoms with Crippen molar-refractivity contribution >= 4 is 11.7 Å². The number of carbonyl (C=O) groups is 1. The smallest absolute Gasteiger partial charge is 0.316 e. The SMILES string of the molecule is COc1ccccc1[C@@H]1C[C@H](n2cccn2)OC(=O)[C@H]1c1ccccc1[N+](=O)[O-]. The third-order valence-electron chi connectivity index (χ3n) is 5.19. The van der Waals surface area contributed by atoms with Crippen LogP contribution in [-0.4, -0.2) is 27.8 Å². The number of rotatable bonds is 5. The van der Waals surface area contributed by atoms with Crippen molar-refractivity contribution < 1.29 is 19.2 Å². The number of nitro groups is 1. The van der Waals surface area contributed by atoms with Crippen LogP contribution in [0.5, 0.6) is 5.75 Å². The maximum Gasteiger partial charge on any atom is 0.316 e. The number of benzene rings is 2. The molecular formula is C21H19N3O5. The molecule has 0 aliphatic carbocycles. The predicted molar refractivity (Wildman–Crippen MR) is 104 cm³/mol. The minimum Gasteiger partial charge on any atom is -0.496 e. The van der Waals surface area contributed by atoms with E-state index in [2.05, 4.69) is 5.10 Å². The Labute approximate surface area is 166 Å². The summed E-state index contributed by atoms with van der Waals surface area (Å²) in [5.41, 5.74) is 1.02. The lowest BCUT2D eigenvalue weighted by Gasteiger charge is -2.35. The van der Waals surface area contributed by atoms with E-state index in [1.54, 1.807) is 48.5 Å². The maximum absolute atomic E-state index is 13.1. The van der Waals surface area contributed by atoms with Gasteiger partial charge in [-0.05, 0) is 17.7 Å². The third kappa shape index (κ3) is 3.44. The molecule has 0 saturated carbocycles. The summed E-state index contributed by atoms with van der Waals surface area (Å²) >= 11 is 0. The van der Waals surface area contributed by atoms with Gasteiger partial charge in [0.15, 0.2) is 6.23 Å². The number of para-hydroxylation sites is 2. The molecule has 0 bridgehead atoms. The first kappa shape index (κ1) is 18.7. The van der Waals surface area contributed by atoms with Crippen LogP contribution in [-0.2, 0) is 9.53 Å². The number of hydrogen-bond donors (Lipinski definition) is 0. The average Bonchev–Trinajstić information content (AvgIpc) is 3.28. The van der Waals surface area contributed by atoms with E-state index in [9.17, 15) is 14.9 Å². The number of cyclic esters (lactones) is 1. The van der Waals surface area contributed by atoms with Gasteiger partial charge >= 0.3 is 5.97 Å². The zero-order chi connectivity index (χ0) is 20.4. The lowest BCUT2D eigenvalue weighted by Crippen LogP contribution is -2.34. The van der Waals surface area contributed by atoms with Crippen molar-refractivity contribution in [3.8, 4) is 5.75 Å². The van der Waals surface area contributed by atoms with E-state index in [0.717, 1.165) is 5.56 Å². The van der Waals surface area contributed by atoms with Gasteiger partial charge in [0.25, 0.3) is 5.69 Å². The van der Waals surface area contributed by atoms with Crippen LogP contribution in [0.3, 0.4) is 0 Å². The summed E-state index contributed by atoms with van der Waals surface area (Å²) in [5.74, 6) is -1.13. The second-order valence-electron chi connectivity index (χ2n) is 6.76. The topological polar surface area (TPSA) is 96.5 Å². The van der Waals surface area contributed by atoms with Crippen LogP contribution in [0.4, 0.5) is 5.69 Å². The fraction of sp³-hybridized carbons (Fsp3) is 0.238. The van der Waals surface area contributed by atoms with Crippen molar-refractivity contribution in [3.63, 3.8) is 0 Å². The first-order chi connectivity index (χ1) is 14.1. The van der Waals surface area contributed by atoms with Crippen molar-refractivity contribution in [1.82, 2.24) is 9.78 Å². The van der Waals surface area contributed by atoms with Crippen molar-refractivity contribution in [1.29, 1.82) is 0 Å². The summed E-state index contributed by atoms with van der Waals surface area (Å²) in [6.07, 6.45) is 3.14. The van der Waals surface area contributed by atoms with Gasteiger partial charge in [-0.2, -0.15) is 5.10 Å². The third-order valence-corrected chi connectivity index (χ3v) is 5.19. The Balaban J connectivity index is 1.84. The van der Waals surface area contributed by atoms with Gasteiger partial charge in [0.2, 0.25) is 0 Å². The number of nitro benzene ring substituents is 1. The highest BCUT2D eigenvalue weighted by molar-refractivity contribution is 5.82. The highest BCUT2D eigenvalue weighted by Gasteiger charge is 2.44. The van der Waals surface area contributed by atoms with E-state index >= 15 is 0 Å². The van der Waals surface area contributed by atoms with Crippen LogP contribution in [0.2, 0.25) is 0 Å². The normalized spacial score (nSPS) is 21.4. The minimum absolute atomic E-state index is 0.105. The van der Waals surface area contributed by atoms with Crippen LogP contribution in [0.25, 0.3) is 0 Å². The molecule has 29 heavy (non-hydrogen) atoms. The van der Waals surface area contributed by atoms with Gasteiger partial charge in [0.1, 0.15) is 5.75 Å². The summed E-state index contributed by atoms with van der Waals surface area (Å²) < 4.78 is 12.7. The average molecular weight is 393 g/mol. The molecule has 0 unspecified atom stereocenters. The van der Waals surface area contributed by atoms with E-state index in [0.29, 0.717) is 17.7 Å². The van der Waals surface area contributed by atoms with Crippen LogP contribution in [0.15, 0.2) is 67.0 Å². The summed E-state index contributed by atoms with van der Waals surface area (Å²) in [6.45, 7) is 0. The number of ether oxygens (including phenoxy) is 2. The van der Waals surface area contributed by atoms with Crippen LogP contribution in [0.1, 0.15) is 35.6 Å². The molecule has 1 fully saturated rings. The lowest BCUT2D eigenvalue weighted by molar-refractivity contribution is -0.385. The van der Waals surface area contributed by atoms with Crippen LogP contribution in [0, 0.1) is 10.1 Å². The van der Waals surface area contributed by atoms with Gasteiger partial charge in [-0.25, -0.2) is 4.68 Å². The molecule has 8 nitrogen and oxygen atoms in total. The Morgan fingerprint density at radius 3 is 2.55 bits per heavy atom. The number of hydrogen-bond acceptors (Lipinski definition) is 6. The lowest BCUT2D eigenvalue weighted by atomic mass is 9.76. The van der Waals surface area contributed by atoms with E-state index < -0.39 is 23.0 Å². The van der Waals surface area contributed by atoms with Crippen molar-refractivity contribution in [2.24, 2.45) is 0 Å². The Morgan fingerprint density at radius 1 is 1.14 bits per heavy atom. The summed E-state index contributed by atoms with van der Waals surface area (Å²) in [7, 11) is 1.56. The minimum atomic E-state index is -0.834. The van der Waals surface area contributed by atoms with Gasteiger partial charge in [-0.3, -0.25) is 14.9 Å². The molecular weight excluding hydrogens is 374 g/mol. The molecule has 0 amide bonds. The van der Waals surface area contributed by atoms with Gasteiger partial charge in [-0.15, -0.1) is 0 Å². The Morgan fingerprint density at radius 2 is 1.86 bits per heavy atom. The quantitative estimate of drug-likeness (QED) is 0.371. The molecule has 1 aliphatic rings. The standard InChI is InChI=1S/C21H19N3O5/c1-28-18-10-5-3-7-14(18)16-13-19(23-12-6-11-22-23)29-21(25)20(16)15-8-2-4-9-17(15)24(26)27/h2-12,16,19-20H,13H2,1H3/t16-,19+,20-/m0/s1. The molecule has 4 rings (SSSR count). The highest BCUT2D eigenvalue weighted by Crippen LogP contribution is 2.48. The summed E-state index contributed by atoms with van der Waals surface area (Å²) in [4.78, 5) is 24.3. The number of methoxy groups -OCH3 is 1. The van der Waals surface area contributed by atoms with Gasteiger partial charge in [0, 0.05) is 36.4 Å². The highest BCUT2D eigenvalue weighted by atomic mass is 16.6. The Kier molecular flexibility index (Phi) is 4.99. The van der Waals surface area contributed by atoms with Crippen molar-refractivity contribution in [2.75, 3.05) is 7.11 Å². The monoisotopic (exact) mass is 393 g/mol. The molecule has 2 heterocycles. The second kappa shape index (κ2) is 7.75. The van der Waals surface area contributed by atoms with E-state index in [-0.39, 0.29) is 11.6 Å². The summed E-state index contributed by atoms with van der Waals surface area (Å²) in [6, 6.07) is 15.4. The van der Waals surface area contributed by atoms with Gasteiger partial charge < -0.3 is 9.47 Å². The van der Waals surface area contributed by atoms with Gasteiger partial charge in [0.05, 0.1) is 18.0 Å². The molecule has 0 radical (unpaired) electrons. The molecule has 148 valence electrons. The fourth-order valence-corrected chi connectivity index (χ4v) is 3.93. The van der Waals surface area contributed by atoms with Crippen molar-refractivity contribution in [2.45, 2.75) is 24.5 Å². The van der Waals surface area contributed by atoms with Crippen molar-refractivity contribution in [3.05, 3.63) is 88.2 Å². The van der Waals surface area contributed by atoms with E-state index in [1.165, 1.54) is 6.07 Å². The molecule has 3 aromatic rings. The molecule has 8 heteroatoms. The number of carbonyl (C=O) groups excluding carboxylic acids is 1. The molecule has 1 aromatic heterocycles. The predicted octanol–water partition coefficient (Wildman–Crippen LogP) is 3.81. The van der Waals surface area contributed by atoms with E-state index in [4.69, 9.17) is 9.47 Å². The van der Waals surface area contributed by atoms with Gasteiger partial charge in [-0.1, -0.05) is 36.4 Å². The zero-order valence-corrected chi connectivity index (χ0v) is 15.7. The zero-order valence-electron chi connectivity index (χ0n) is 15.7. The van der Waals surface area contributed by atoms with E-state index in [1.807, 2.05) is 24.3 Å². The Hall–Kier alpha value is -3.68. The fourth-order valence-electron chi connectivity index (χ4n) is 3.93. The first-order valence-electron chi connectivity index (χ1n) is 9.16. The Bertz CT molecular complexity index is 1030. The molecule has 0 N–H and O–H groups in total. The largest absolute Gasteiger partial charge is 0.496 e. The summed E-state index contributed by atoms with van der Waals surface area (Å²) in [5, 5.41) is 15.8. The second-order valence-corrected chi connectivity index (χ2v) is 6.76. The molecule has 1 saturated heterocycles. The molecule has 3 atom stereocenters. The molecule has 1 aliphatic heterocycles.